The number of aryl methyl sites for hydroxylation is 2. The molecule has 1 fully saturated rings. The van der Waals surface area contributed by atoms with E-state index >= 15 is 0 Å². The number of allylic oxidation sites excluding steroid dienone is 1. The summed E-state index contributed by atoms with van der Waals surface area (Å²) in [5.41, 5.74) is 9.00. The predicted molar refractivity (Wildman–Crippen MR) is 115 cm³/mol. The van der Waals surface area contributed by atoms with E-state index in [1.54, 1.807) is 22.3 Å². The van der Waals surface area contributed by atoms with Gasteiger partial charge in [-0.1, -0.05) is 85.0 Å². The molecule has 0 N–H and O–H groups in total. The van der Waals surface area contributed by atoms with E-state index in [-0.39, 0.29) is 5.41 Å². The Bertz CT molecular complexity index is 711. The van der Waals surface area contributed by atoms with Gasteiger partial charge in [0.05, 0.1) is 0 Å². The normalized spacial score (nSPS) is 22.5. The lowest BCUT2D eigenvalue weighted by Crippen LogP contribution is -2.64. The number of hydrogen-bond acceptors (Lipinski definition) is 0. The molecule has 0 aliphatic heterocycles. The smallest absolute Gasteiger partial charge is 0.0483 e. The van der Waals surface area contributed by atoms with Crippen molar-refractivity contribution in [2.24, 2.45) is 10.8 Å². The van der Waals surface area contributed by atoms with Crippen LogP contribution in [0.1, 0.15) is 70.2 Å². The third-order valence-electron chi connectivity index (χ3n) is 6.98. The van der Waals surface area contributed by atoms with Gasteiger partial charge in [0.2, 0.25) is 0 Å². The van der Waals surface area contributed by atoms with Crippen molar-refractivity contribution in [3.05, 3.63) is 40.0 Å². The monoisotopic (exact) mass is 354 g/mol. The lowest BCUT2D eigenvalue weighted by Gasteiger charge is -2.68. The van der Waals surface area contributed by atoms with Crippen LogP contribution in [0.25, 0.3) is 6.08 Å². The van der Waals surface area contributed by atoms with Crippen LogP contribution in [0, 0.1) is 10.8 Å². The van der Waals surface area contributed by atoms with Crippen LogP contribution < -0.4 is 0 Å². The van der Waals surface area contributed by atoms with Crippen LogP contribution in [0.3, 0.4) is 0 Å². The van der Waals surface area contributed by atoms with E-state index < -0.39 is 8.07 Å². The second-order valence-electron chi connectivity index (χ2n) is 11.0. The molecule has 25 heavy (non-hydrogen) atoms. The van der Waals surface area contributed by atoms with E-state index in [0.717, 1.165) is 12.8 Å². The Morgan fingerprint density at radius 1 is 0.880 bits per heavy atom. The van der Waals surface area contributed by atoms with Crippen molar-refractivity contribution >= 4 is 14.1 Å². The van der Waals surface area contributed by atoms with Gasteiger partial charge in [0, 0.05) is 13.5 Å². The van der Waals surface area contributed by atoms with Crippen molar-refractivity contribution in [2.75, 3.05) is 0 Å². The van der Waals surface area contributed by atoms with Gasteiger partial charge in [-0.05, 0) is 58.4 Å². The number of fused-ring (bicyclic) bond motifs is 2. The topological polar surface area (TPSA) is 0 Å². The average molecular weight is 355 g/mol. The number of hydrogen-bond donors (Lipinski definition) is 0. The Kier molecular flexibility index (Phi) is 4.23. The first-order chi connectivity index (χ1) is 11.4. The van der Waals surface area contributed by atoms with Gasteiger partial charge in [0.1, 0.15) is 0 Å². The van der Waals surface area contributed by atoms with Crippen LogP contribution in [0.15, 0.2) is 17.7 Å². The molecule has 0 nitrogen and oxygen atoms in total. The highest BCUT2D eigenvalue weighted by atomic mass is 28.3. The highest BCUT2D eigenvalue weighted by molar-refractivity contribution is 6.76. The van der Waals surface area contributed by atoms with Gasteiger partial charge in [-0.2, -0.15) is 0 Å². The quantitative estimate of drug-likeness (QED) is 0.500. The molecule has 2 aliphatic carbocycles. The molecule has 1 aromatic rings. The Hall–Kier alpha value is -0.823. The van der Waals surface area contributed by atoms with Gasteiger partial charge in [-0.25, -0.2) is 0 Å². The molecule has 1 aromatic carbocycles. The lowest BCUT2D eigenvalue weighted by molar-refractivity contribution is -0.0890. The molecule has 0 unspecified atom stereocenters. The molecule has 0 amide bonds. The van der Waals surface area contributed by atoms with Gasteiger partial charge in [-0.3, -0.25) is 0 Å². The van der Waals surface area contributed by atoms with Crippen molar-refractivity contribution in [3.63, 3.8) is 0 Å². The van der Waals surface area contributed by atoms with Crippen LogP contribution in [0.5, 0.6) is 0 Å². The summed E-state index contributed by atoms with van der Waals surface area (Å²) in [6, 6.07) is 6.46. The lowest BCUT2D eigenvalue weighted by atomic mass is 9.35. The maximum atomic E-state index is 2.61. The highest BCUT2D eigenvalue weighted by Gasteiger charge is 2.69. The van der Waals surface area contributed by atoms with Crippen LogP contribution in [0.4, 0.5) is 0 Å². The maximum Gasteiger partial charge on any atom is 0.0483 e. The molecule has 1 heteroatoms. The van der Waals surface area contributed by atoms with E-state index in [9.17, 15) is 0 Å². The van der Waals surface area contributed by atoms with Crippen LogP contribution >= 0.6 is 0 Å². The largest absolute Gasteiger partial charge is 0.0693 e. The summed E-state index contributed by atoms with van der Waals surface area (Å²) in [5, 5.41) is 0. The van der Waals surface area contributed by atoms with Gasteiger partial charge in [-0.15, -0.1) is 0 Å². The molecule has 138 valence electrons. The summed E-state index contributed by atoms with van der Waals surface area (Å²) >= 11 is 0. The molecule has 0 radical (unpaired) electrons. The van der Waals surface area contributed by atoms with Gasteiger partial charge < -0.3 is 0 Å². The minimum absolute atomic E-state index is 0.242. The second-order valence-corrected chi connectivity index (χ2v) is 16.5. The summed E-state index contributed by atoms with van der Waals surface area (Å²) in [6.45, 7) is 22.3. The van der Waals surface area contributed by atoms with Crippen LogP contribution in [-0.2, 0) is 18.3 Å². The van der Waals surface area contributed by atoms with Gasteiger partial charge >= 0.3 is 0 Å². The molecule has 0 atom stereocenters. The Labute approximate surface area is 157 Å². The van der Waals surface area contributed by atoms with Crippen molar-refractivity contribution in [1.29, 1.82) is 0 Å². The van der Waals surface area contributed by atoms with Gasteiger partial charge in [0.25, 0.3) is 0 Å². The SMILES string of the molecule is CCc1cc2c(cc1CC)C1(C(C[Si](C)(C)C)=C2)C(C)(C)CC1(C)C. The zero-order valence-electron chi connectivity index (χ0n) is 18.1. The summed E-state index contributed by atoms with van der Waals surface area (Å²) in [4.78, 5) is 0. The summed E-state index contributed by atoms with van der Waals surface area (Å²) in [6.07, 6.45) is 6.22. The standard InChI is InChI=1S/C24H38Si/c1-10-17-12-19-13-20(15-25(7,8)9)24(21(19)14-18(17)11-2)22(3,4)16-23(24,5)6/h12-14H,10-11,15-16H2,1-9H3. The van der Waals surface area contributed by atoms with E-state index in [1.807, 2.05) is 0 Å². The third kappa shape index (κ3) is 2.52. The molecular weight excluding hydrogens is 316 g/mol. The van der Waals surface area contributed by atoms with E-state index in [4.69, 9.17) is 0 Å². The first kappa shape index (κ1) is 19.0. The highest BCUT2D eigenvalue weighted by Crippen LogP contribution is 2.74. The Morgan fingerprint density at radius 3 is 1.84 bits per heavy atom. The minimum atomic E-state index is -1.17. The summed E-state index contributed by atoms with van der Waals surface area (Å²) < 4.78 is 0. The Balaban J connectivity index is 2.27. The second kappa shape index (κ2) is 5.59. The van der Waals surface area contributed by atoms with Crippen LogP contribution in [0.2, 0.25) is 25.7 Å². The zero-order chi connectivity index (χ0) is 18.8. The fraction of sp³-hybridized carbons (Fsp3) is 0.667. The Morgan fingerprint density at radius 2 is 1.40 bits per heavy atom. The molecule has 0 bridgehead atoms. The molecule has 1 saturated carbocycles. The zero-order valence-corrected chi connectivity index (χ0v) is 19.1. The predicted octanol–water partition coefficient (Wildman–Crippen LogP) is 7.24. The van der Waals surface area contributed by atoms with E-state index in [0.29, 0.717) is 10.8 Å². The molecule has 2 aliphatic rings. The number of rotatable bonds is 4. The fourth-order valence-electron chi connectivity index (χ4n) is 6.81. The van der Waals surface area contributed by atoms with E-state index in [2.05, 4.69) is 79.4 Å². The third-order valence-corrected chi connectivity index (χ3v) is 8.43. The fourth-order valence-corrected chi connectivity index (χ4v) is 8.32. The van der Waals surface area contributed by atoms with Crippen molar-refractivity contribution in [3.8, 4) is 0 Å². The average Bonchev–Trinajstić information content (AvgIpc) is 2.77. The maximum absolute atomic E-state index is 2.61. The number of benzene rings is 1. The molecule has 0 heterocycles. The molecule has 0 saturated heterocycles. The molecule has 1 spiro atoms. The summed E-state index contributed by atoms with van der Waals surface area (Å²) in [5.74, 6) is 0. The molecular formula is C24H38Si. The van der Waals surface area contributed by atoms with Crippen molar-refractivity contribution in [2.45, 2.75) is 91.9 Å². The molecule has 3 rings (SSSR count). The first-order valence-electron chi connectivity index (χ1n) is 10.3. The minimum Gasteiger partial charge on any atom is -0.0693 e. The van der Waals surface area contributed by atoms with E-state index in [1.165, 1.54) is 18.0 Å². The van der Waals surface area contributed by atoms with Crippen molar-refractivity contribution < 1.29 is 0 Å². The van der Waals surface area contributed by atoms with Gasteiger partial charge in [0.15, 0.2) is 0 Å². The van der Waals surface area contributed by atoms with Crippen LogP contribution in [-0.4, -0.2) is 8.07 Å². The molecule has 0 aromatic heterocycles. The summed E-state index contributed by atoms with van der Waals surface area (Å²) in [7, 11) is -1.17. The van der Waals surface area contributed by atoms with Crippen molar-refractivity contribution in [1.82, 2.24) is 0 Å². The first-order valence-corrected chi connectivity index (χ1v) is 14.0.